The molecule has 9 nitrogen and oxygen atoms in total. The Morgan fingerprint density at radius 1 is 1.23 bits per heavy atom. The van der Waals surface area contributed by atoms with Crippen LogP contribution in [0.1, 0.15) is 6.93 Å². The molecule has 3 aromatic rings. The van der Waals surface area contributed by atoms with Gasteiger partial charge in [0.25, 0.3) is 15.2 Å². The van der Waals surface area contributed by atoms with Crippen molar-refractivity contribution < 1.29 is 19.3 Å². The van der Waals surface area contributed by atoms with E-state index in [0.29, 0.717) is 5.56 Å². The monoisotopic (exact) mass is 418 g/mol. The van der Waals surface area contributed by atoms with Crippen molar-refractivity contribution >= 4 is 44.6 Å². The molecule has 138 valence electrons. The number of ether oxygens (including phenoxy) is 2. The SMILES string of the molecule is [2H]c1c(OC)nc(OC)n2nc(S(=O)(=O)Nc3c(Cl)ccc(C)c3Cl)nc12. The Morgan fingerprint density at radius 2 is 1.96 bits per heavy atom. The van der Waals surface area contributed by atoms with Crippen molar-refractivity contribution in [2.24, 2.45) is 0 Å². The number of aryl methyl sites for hydroxylation is 1. The predicted octanol–water partition coefficient (Wildman–Crippen LogP) is 2.56. The zero-order chi connectivity index (χ0) is 19.9. The number of nitrogens with one attached hydrogen (secondary N) is 1. The lowest BCUT2D eigenvalue weighted by molar-refractivity contribution is 0.343. The van der Waals surface area contributed by atoms with Gasteiger partial charge in [-0.05, 0) is 18.6 Å². The molecule has 0 atom stereocenters. The summed E-state index contributed by atoms with van der Waals surface area (Å²) in [5.74, 6) is -0.0894. The van der Waals surface area contributed by atoms with Crippen LogP contribution >= 0.6 is 23.2 Å². The van der Waals surface area contributed by atoms with Crippen LogP contribution in [0.3, 0.4) is 0 Å². The molecule has 0 fully saturated rings. The number of benzene rings is 1. The first-order chi connectivity index (χ1) is 12.7. The molecule has 0 unspecified atom stereocenters. The van der Waals surface area contributed by atoms with Gasteiger partial charge in [0.05, 0.1) is 31.3 Å². The van der Waals surface area contributed by atoms with Crippen LogP contribution < -0.4 is 14.2 Å². The average Bonchev–Trinajstić information content (AvgIpc) is 3.09. The molecule has 0 aliphatic carbocycles. The number of rotatable bonds is 5. The lowest BCUT2D eigenvalue weighted by atomic mass is 10.2. The van der Waals surface area contributed by atoms with E-state index in [0.717, 1.165) is 4.52 Å². The molecule has 1 aromatic carbocycles. The van der Waals surface area contributed by atoms with E-state index < -0.39 is 15.2 Å². The van der Waals surface area contributed by atoms with E-state index in [4.69, 9.17) is 34.0 Å². The minimum Gasteiger partial charge on any atom is -0.481 e. The minimum absolute atomic E-state index is 0.00552. The molecule has 0 radical (unpaired) electrons. The fourth-order valence-corrected chi connectivity index (χ4v) is 3.58. The molecule has 0 amide bonds. The number of hydrogen-bond acceptors (Lipinski definition) is 7. The van der Waals surface area contributed by atoms with E-state index in [1.54, 1.807) is 13.0 Å². The van der Waals surface area contributed by atoms with Crippen LogP contribution in [0.25, 0.3) is 5.65 Å². The normalized spacial score (nSPS) is 12.1. The number of aromatic nitrogens is 4. The molecule has 0 aliphatic rings. The molecule has 3 rings (SSSR count). The number of methoxy groups -OCH3 is 2. The minimum atomic E-state index is -4.27. The summed E-state index contributed by atoms with van der Waals surface area (Å²) in [6, 6.07) is 2.82. The summed E-state index contributed by atoms with van der Waals surface area (Å²) in [7, 11) is -1.64. The van der Waals surface area contributed by atoms with Crippen molar-refractivity contribution in [3.05, 3.63) is 33.8 Å². The van der Waals surface area contributed by atoms with Gasteiger partial charge < -0.3 is 9.47 Å². The fourth-order valence-electron chi connectivity index (χ4n) is 2.04. The topological polar surface area (TPSA) is 108 Å². The first-order valence-electron chi connectivity index (χ1n) is 7.52. The number of sulfonamides is 1. The van der Waals surface area contributed by atoms with E-state index in [9.17, 15) is 8.42 Å². The number of halogens is 2. The molecule has 0 bridgehead atoms. The third kappa shape index (κ3) is 3.22. The Morgan fingerprint density at radius 3 is 2.62 bits per heavy atom. The zero-order valence-electron chi connectivity index (χ0n) is 14.7. The maximum absolute atomic E-state index is 12.7. The molecule has 0 saturated carbocycles. The molecular formula is C14H13Cl2N5O4S. The standard InChI is InChI=1S/C14H13Cl2N5O4S/c1-7-4-5-8(15)12(11(7)16)20-26(22,23)13-17-9-6-10(24-2)18-14(25-3)21(9)19-13/h4-6,20H,1-3H3/i6D. The third-order valence-corrected chi connectivity index (χ3v) is 5.25. The van der Waals surface area contributed by atoms with Crippen molar-refractivity contribution in [2.75, 3.05) is 18.9 Å². The van der Waals surface area contributed by atoms with Crippen LogP contribution in [0.5, 0.6) is 11.9 Å². The molecule has 0 aliphatic heterocycles. The van der Waals surface area contributed by atoms with E-state index in [1.165, 1.54) is 20.3 Å². The molecule has 26 heavy (non-hydrogen) atoms. The van der Waals surface area contributed by atoms with Crippen LogP contribution in [0.2, 0.25) is 10.0 Å². The van der Waals surface area contributed by atoms with Gasteiger partial charge in [-0.25, -0.2) is 0 Å². The van der Waals surface area contributed by atoms with Crippen molar-refractivity contribution in [1.82, 2.24) is 19.6 Å². The van der Waals surface area contributed by atoms with Gasteiger partial charge in [0.15, 0.2) is 5.65 Å². The quantitative estimate of drug-likeness (QED) is 0.677. The summed E-state index contributed by atoms with van der Waals surface area (Å²) in [5.41, 5.74) is 0.525. The van der Waals surface area contributed by atoms with Gasteiger partial charge in [-0.1, -0.05) is 29.3 Å². The number of nitrogens with zero attached hydrogens (tertiary/aromatic N) is 4. The van der Waals surface area contributed by atoms with Crippen LogP contribution in [0.15, 0.2) is 23.3 Å². The third-order valence-electron chi connectivity index (χ3n) is 3.32. The Balaban J connectivity index is 2.15. The maximum Gasteiger partial charge on any atom is 0.322 e. The summed E-state index contributed by atoms with van der Waals surface area (Å²) in [4.78, 5) is 7.83. The Bertz CT molecular complexity index is 1150. The lowest BCUT2D eigenvalue weighted by Gasteiger charge is -2.10. The summed E-state index contributed by atoms with van der Waals surface area (Å²) in [6.45, 7) is 1.70. The average molecular weight is 419 g/mol. The van der Waals surface area contributed by atoms with Gasteiger partial charge in [0.1, 0.15) is 0 Å². The van der Waals surface area contributed by atoms with Crippen LogP contribution in [0.4, 0.5) is 5.69 Å². The molecule has 1 N–H and O–H groups in total. The van der Waals surface area contributed by atoms with Crippen molar-refractivity contribution in [2.45, 2.75) is 12.1 Å². The highest BCUT2D eigenvalue weighted by atomic mass is 35.5. The fraction of sp³-hybridized carbons (Fsp3) is 0.214. The van der Waals surface area contributed by atoms with E-state index in [-0.39, 0.29) is 39.3 Å². The first kappa shape index (κ1) is 17.1. The Labute approximate surface area is 160 Å². The highest BCUT2D eigenvalue weighted by molar-refractivity contribution is 7.92. The second kappa shape index (κ2) is 6.78. The Hall–Kier alpha value is -2.30. The largest absolute Gasteiger partial charge is 0.481 e. The first-order valence-corrected chi connectivity index (χ1v) is 9.26. The van der Waals surface area contributed by atoms with Gasteiger partial charge in [-0.3, -0.25) is 4.72 Å². The van der Waals surface area contributed by atoms with Gasteiger partial charge in [-0.15, -0.1) is 5.10 Å². The number of anilines is 1. The molecule has 0 saturated heterocycles. The van der Waals surface area contributed by atoms with Crippen molar-refractivity contribution in [1.29, 1.82) is 0 Å². The molecular weight excluding hydrogens is 405 g/mol. The van der Waals surface area contributed by atoms with Crippen LogP contribution in [-0.4, -0.2) is 42.2 Å². The van der Waals surface area contributed by atoms with Crippen LogP contribution in [-0.2, 0) is 10.0 Å². The second-order valence-corrected chi connectivity index (χ2v) is 7.38. The highest BCUT2D eigenvalue weighted by Gasteiger charge is 2.25. The van der Waals surface area contributed by atoms with Gasteiger partial charge in [0.2, 0.25) is 5.88 Å². The van der Waals surface area contributed by atoms with Crippen molar-refractivity contribution in [3.8, 4) is 11.9 Å². The van der Waals surface area contributed by atoms with E-state index in [2.05, 4.69) is 19.8 Å². The zero-order valence-corrected chi connectivity index (χ0v) is 16.1. The number of hydrogen-bond donors (Lipinski definition) is 1. The maximum atomic E-state index is 12.7. The molecule has 2 aromatic heterocycles. The lowest BCUT2D eigenvalue weighted by Crippen LogP contribution is -2.15. The van der Waals surface area contributed by atoms with Gasteiger partial charge >= 0.3 is 6.01 Å². The summed E-state index contributed by atoms with van der Waals surface area (Å²) in [5, 5.41) is 3.52. The van der Waals surface area contributed by atoms with E-state index >= 15 is 0 Å². The summed E-state index contributed by atoms with van der Waals surface area (Å²) < 4.78 is 46.8. The smallest absolute Gasteiger partial charge is 0.322 e. The van der Waals surface area contributed by atoms with Gasteiger partial charge in [-0.2, -0.15) is 22.9 Å². The predicted molar refractivity (Wildman–Crippen MR) is 95.9 cm³/mol. The van der Waals surface area contributed by atoms with E-state index in [1.807, 2.05) is 0 Å². The Kier molecular flexibility index (Phi) is 4.47. The molecule has 12 heteroatoms. The summed E-state index contributed by atoms with van der Waals surface area (Å²) >= 11 is 12.2. The summed E-state index contributed by atoms with van der Waals surface area (Å²) in [6.07, 6.45) is 0. The second-order valence-electron chi connectivity index (χ2n) is 5.02. The number of fused-ring (bicyclic) bond motifs is 1. The highest BCUT2D eigenvalue weighted by Crippen LogP contribution is 2.34. The molecule has 2 heterocycles. The van der Waals surface area contributed by atoms with Gasteiger partial charge in [0, 0.05) is 6.04 Å². The molecule has 0 spiro atoms. The van der Waals surface area contributed by atoms with Crippen LogP contribution in [0, 0.1) is 6.92 Å². The van der Waals surface area contributed by atoms with Crippen molar-refractivity contribution in [3.63, 3.8) is 0 Å².